The zero-order valence-electron chi connectivity index (χ0n) is 6.28. The second-order valence-corrected chi connectivity index (χ2v) is 4.14. The van der Waals surface area contributed by atoms with E-state index >= 15 is 0 Å². The van der Waals surface area contributed by atoms with Crippen molar-refractivity contribution in [2.75, 3.05) is 0 Å². The van der Waals surface area contributed by atoms with Crippen molar-refractivity contribution in [1.82, 2.24) is 0 Å². The van der Waals surface area contributed by atoms with Gasteiger partial charge in [-0.3, -0.25) is 4.55 Å². The van der Waals surface area contributed by atoms with Crippen molar-refractivity contribution in [2.45, 2.75) is 11.8 Å². The highest BCUT2D eigenvalue weighted by molar-refractivity contribution is 7.85. The van der Waals surface area contributed by atoms with Crippen LogP contribution in [-0.4, -0.2) is 13.0 Å². The molecule has 0 aliphatic carbocycles. The average molecular weight is 207 g/mol. The molecule has 0 atom stereocenters. The van der Waals surface area contributed by atoms with E-state index in [0.717, 1.165) is 0 Å². The van der Waals surface area contributed by atoms with Gasteiger partial charge in [-0.1, -0.05) is 17.7 Å². The number of rotatable bonds is 1. The molecule has 0 spiro atoms. The molecule has 0 saturated heterocycles. The van der Waals surface area contributed by atoms with E-state index in [9.17, 15) is 8.42 Å². The first-order chi connectivity index (χ1) is 5.43. The fourth-order valence-corrected chi connectivity index (χ4v) is 1.85. The van der Waals surface area contributed by atoms with Gasteiger partial charge in [0.2, 0.25) is 0 Å². The van der Waals surface area contributed by atoms with Crippen LogP contribution in [0.25, 0.3) is 0 Å². The third-order valence-electron chi connectivity index (χ3n) is 1.50. The van der Waals surface area contributed by atoms with E-state index in [0.29, 0.717) is 10.6 Å². The molecule has 0 unspecified atom stereocenters. The molecule has 5 heteroatoms. The zero-order chi connectivity index (χ0) is 9.35. The number of halogens is 1. The topological polar surface area (TPSA) is 54.4 Å². The molecule has 3 nitrogen and oxygen atoms in total. The van der Waals surface area contributed by atoms with Gasteiger partial charge in [0.15, 0.2) is 0 Å². The molecule has 0 amide bonds. The molecule has 0 aliphatic rings. The summed E-state index contributed by atoms with van der Waals surface area (Å²) in [5.74, 6) is 0. The first kappa shape index (κ1) is 9.51. The minimum absolute atomic E-state index is 0.144. The third kappa shape index (κ3) is 1.77. The SMILES string of the molecule is Cc1c(Cl)cccc1S(=O)(=O)O. The van der Waals surface area contributed by atoms with Crippen LogP contribution in [0.4, 0.5) is 0 Å². The molecule has 1 rings (SSSR count). The number of benzene rings is 1. The molecule has 0 aromatic heterocycles. The molecule has 1 aromatic rings. The van der Waals surface area contributed by atoms with E-state index in [-0.39, 0.29) is 4.90 Å². The quantitative estimate of drug-likeness (QED) is 0.714. The molecule has 0 heterocycles. The molecule has 1 aromatic carbocycles. The Hall–Kier alpha value is -0.580. The van der Waals surface area contributed by atoms with Crippen molar-refractivity contribution in [2.24, 2.45) is 0 Å². The van der Waals surface area contributed by atoms with Gasteiger partial charge in [-0.25, -0.2) is 0 Å². The summed E-state index contributed by atoms with van der Waals surface area (Å²) in [6.07, 6.45) is 0. The maximum atomic E-state index is 10.7. The molecular formula is C7H7ClO3S. The Bertz CT molecular complexity index is 397. The second kappa shape index (κ2) is 3.05. The number of hydrogen-bond acceptors (Lipinski definition) is 2. The largest absolute Gasteiger partial charge is 0.294 e. The predicted octanol–water partition coefficient (Wildman–Crippen LogP) is 1.90. The molecule has 12 heavy (non-hydrogen) atoms. The summed E-state index contributed by atoms with van der Waals surface area (Å²) in [5, 5.41) is 0.324. The second-order valence-electron chi connectivity index (χ2n) is 2.34. The van der Waals surface area contributed by atoms with Gasteiger partial charge in [0.05, 0.1) is 4.90 Å². The summed E-state index contributed by atoms with van der Waals surface area (Å²) >= 11 is 5.64. The predicted molar refractivity (Wildman–Crippen MR) is 46.0 cm³/mol. The fourth-order valence-electron chi connectivity index (χ4n) is 0.867. The van der Waals surface area contributed by atoms with Crippen LogP contribution >= 0.6 is 11.6 Å². The Morgan fingerprint density at radius 2 is 2.00 bits per heavy atom. The van der Waals surface area contributed by atoms with Crippen LogP contribution in [0, 0.1) is 6.92 Å². The van der Waals surface area contributed by atoms with E-state index in [1.165, 1.54) is 19.1 Å². The Morgan fingerprint density at radius 1 is 1.42 bits per heavy atom. The van der Waals surface area contributed by atoms with Gasteiger partial charge < -0.3 is 0 Å². The lowest BCUT2D eigenvalue weighted by Crippen LogP contribution is -2.00. The zero-order valence-corrected chi connectivity index (χ0v) is 7.85. The van der Waals surface area contributed by atoms with E-state index in [4.69, 9.17) is 16.2 Å². The summed E-state index contributed by atoms with van der Waals surface area (Å²) in [4.78, 5) is -0.144. The highest BCUT2D eigenvalue weighted by Gasteiger charge is 2.13. The molecule has 0 aliphatic heterocycles. The van der Waals surface area contributed by atoms with Gasteiger partial charge in [0.25, 0.3) is 10.1 Å². The van der Waals surface area contributed by atoms with Crippen LogP contribution in [0.15, 0.2) is 23.1 Å². The van der Waals surface area contributed by atoms with E-state index in [2.05, 4.69) is 0 Å². The van der Waals surface area contributed by atoms with Crippen LogP contribution < -0.4 is 0 Å². The van der Waals surface area contributed by atoms with Crippen molar-refractivity contribution in [1.29, 1.82) is 0 Å². The normalized spacial score (nSPS) is 11.6. The minimum atomic E-state index is -4.14. The lowest BCUT2D eigenvalue weighted by molar-refractivity contribution is 0.482. The van der Waals surface area contributed by atoms with Crippen molar-refractivity contribution in [3.63, 3.8) is 0 Å². The molecule has 0 saturated carbocycles. The molecular weight excluding hydrogens is 200 g/mol. The first-order valence-electron chi connectivity index (χ1n) is 3.15. The van der Waals surface area contributed by atoms with Gasteiger partial charge in [-0.2, -0.15) is 8.42 Å². The van der Waals surface area contributed by atoms with Crippen LogP contribution in [-0.2, 0) is 10.1 Å². The highest BCUT2D eigenvalue weighted by atomic mass is 35.5. The van der Waals surface area contributed by atoms with Crippen LogP contribution in [0.5, 0.6) is 0 Å². The Morgan fingerprint density at radius 3 is 2.42 bits per heavy atom. The molecule has 66 valence electrons. The fraction of sp³-hybridized carbons (Fsp3) is 0.143. The van der Waals surface area contributed by atoms with E-state index in [1.807, 2.05) is 0 Å². The lowest BCUT2D eigenvalue weighted by atomic mass is 10.2. The van der Waals surface area contributed by atoms with Crippen LogP contribution in [0.2, 0.25) is 5.02 Å². The highest BCUT2D eigenvalue weighted by Crippen LogP contribution is 2.21. The van der Waals surface area contributed by atoms with Gasteiger partial charge >= 0.3 is 0 Å². The summed E-state index contributed by atoms with van der Waals surface area (Å²) in [7, 11) is -4.14. The van der Waals surface area contributed by atoms with Crippen molar-refractivity contribution >= 4 is 21.7 Å². The first-order valence-corrected chi connectivity index (χ1v) is 4.97. The van der Waals surface area contributed by atoms with Crippen LogP contribution in [0.1, 0.15) is 5.56 Å². The monoisotopic (exact) mass is 206 g/mol. The molecule has 0 bridgehead atoms. The van der Waals surface area contributed by atoms with Crippen molar-refractivity contribution < 1.29 is 13.0 Å². The average Bonchev–Trinajstić information content (AvgIpc) is 1.92. The molecule has 0 fully saturated rings. The molecule has 1 N–H and O–H groups in total. The Kier molecular flexibility index (Phi) is 2.41. The third-order valence-corrected chi connectivity index (χ3v) is 2.90. The Labute approximate surface area is 75.7 Å². The Balaban J connectivity index is 3.47. The minimum Gasteiger partial charge on any atom is -0.282 e. The lowest BCUT2D eigenvalue weighted by Gasteiger charge is -2.02. The maximum absolute atomic E-state index is 10.7. The summed E-state index contributed by atoms with van der Waals surface area (Å²) in [6, 6.07) is 4.33. The summed E-state index contributed by atoms with van der Waals surface area (Å²) in [5.41, 5.74) is 0.363. The van der Waals surface area contributed by atoms with Crippen molar-refractivity contribution in [3.05, 3.63) is 28.8 Å². The maximum Gasteiger partial charge on any atom is 0.294 e. The van der Waals surface area contributed by atoms with Gasteiger partial charge in [-0.15, -0.1) is 0 Å². The summed E-state index contributed by atoms with van der Waals surface area (Å²) < 4.78 is 30.1. The number of hydrogen-bond donors (Lipinski definition) is 1. The van der Waals surface area contributed by atoms with E-state index < -0.39 is 10.1 Å². The standard InChI is InChI=1S/C7H7ClO3S/c1-5-6(8)3-2-4-7(5)12(9,10)11/h2-4H,1H3,(H,9,10,11). The van der Waals surface area contributed by atoms with E-state index in [1.54, 1.807) is 6.07 Å². The van der Waals surface area contributed by atoms with Gasteiger partial charge in [-0.05, 0) is 24.6 Å². The smallest absolute Gasteiger partial charge is 0.282 e. The van der Waals surface area contributed by atoms with Crippen molar-refractivity contribution in [3.8, 4) is 0 Å². The summed E-state index contributed by atoms with van der Waals surface area (Å²) in [6.45, 7) is 1.53. The molecule has 0 radical (unpaired) electrons. The van der Waals surface area contributed by atoms with Gasteiger partial charge in [0, 0.05) is 5.02 Å². The van der Waals surface area contributed by atoms with Gasteiger partial charge in [0.1, 0.15) is 0 Å². The van der Waals surface area contributed by atoms with Crippen LogP contribution in [0.3, 0.4) is 0 Å².